The Labute approximate surface area is 231 Å². The topological polar surface area (TPSA) is 122 Å². The molecule has 1 aliphatic heterocycles. The van der Waals surface area contributed by atoms with Crippen molar-refractivity contribution in [1.29, 1.82) is 0 Å². The van der Waals surface area contributed by atoms with E-state index in [0.29, 0.717) is 47.0 Å². The Hall–Kier alpha value is -4.12. The van der Waals surface area contributed by atoms with Gasteiger partial charge in [0.25, 0.3) is 11.5 Å². The number of rotatable bonds is 9. The summed E-state index contributed by atoms with van der Waals surface area (Å²) in [6.07, 6.45) is 10.9. The highest BCUT2D eigenvalue weighted by Crippen LogP contribution is 2.32. The van der Waals surface area contributed by atoms with Crippen LogP contribution in [0.25, 0.3) is 22.6 Å². The number of pyridine rings is 2. The van der Waals surface area contributed by atoms with Gasteiger partial charge in [-0.05, 0) is 69.5 Å². The predicted molar refractivity (Wildman–Crippen MR) is 153 cm³/mol. The number of hydrogen-bond donors (Lipinski definition) is 1. The number of imidazole rings is 1. The van der Waals surface area contributed by atoms with Crippen molar-refractivity contribution in [2.24, 2.45) is 0 Å². The van der Waals surface area contributed by atoms with Gasteiger partial charge in [0.1, 0.15) is 17.2 Å². The zero-order valence-electron chi connectivity index (χ0n) is 22.8. The van der Waals surface area contributed by atoms with Crippen LogP contribution in [0.5, 0.6) is 0 Å². The van der Waals surface area contributed by atoms with E-state index in [1.54, 1.807) is 46.3 Å². The second-order valence-corrected chi connectivity index (χ2v) is 10.6. The van der Waals surface area contributed by atoms with E-state index in [1.165, 1.54) is 23.8 Å². The number of amides is 1. The number of hydrogen-bond acceptors (Lipinski definition) is 7. The number of piperidine rings is 1. The fraction of sp³-hybridized carbons (Fsp3) is 0.448. The molecule has 2 aliphatic rings. The fourth-order valence-electron chi connectivity index (χ4n) is 5.43. The molecule has 1 amide bonds. The van der Waals surface area contributed by atoms with Crippen molar-refractivity contribution >= 4 is 22.9 Å². The molecule has 0 bridgehead atoms. The van der Waals surface area contributed by atoms with E-state index < -0.39 is 0 Å². The van der Waals surface area contributed by atoms with Gasteiger partial charge in [-0.15, -0.1) is 0 Å². The summed E-state index contributed by atoms with van der Waals surface area (Å²) < 4.78 is 2.96. The van der Waals surface area contributed by atoms with Crippen LogP contribution in [0.3, 0.4) is 0 Å². The number of anilines is 1. The second kappa shape index (κ2) is 11.2. The van der Waals surface area contributed by atoms with Gasteiger partial charge in [0.2, 0.25) is 0 Å². The number of nitrogens with zero attached hydrogens (tertiary/aromatic N) is 7. The van der Waals surface area contributed by atoms with Crippen LogP contribution in [0.15, 0.2) is 52.4 Å². The summed E-state index contributed by atoms with van der Waals surface area (Å²) in [7, 11) is 0. The maximum Gasteiger partial charge on any atom is 0.333 e. The molecule has 5 heterocycles. The first kappa shape index (κ1) is 26.1. The van der Waals surface area contributed by atoms with Crippen molar-refractivity contribution < 1.29 is 4.79 Å². The lowest BCUT2D eigenvalue weighted by Gasteiger charge is -2.29. The molecule has 1 saturated carbocycles. The number of aromatic amines is 1. The van der Waals surface area contributed by atoms with Crippen LogP contribution in [0.2, 0.25) is 0 Å². The molecule has 4 aromatic rings. The minimum absolute atomic E-state index is 0.0338. The smallest absolute Gasteiger partial charge is 0.332 e. The Bertz CT molecular complexity index is 1610. The number of aryl methyl sites for hydroxylation is 1. The molecule has 0 spiro atoms. The Morgan fingerprint density at radius 2 is 1.90 bits per heavy atom. The monoisotopic (exact) mass is 542 g/mol. The largest absolute Gasteiger partial charge is 0.333 e. The van der Waals surface area contributed by atoms with E-state index in [2.05, 4.69) is 24.8 Å². The molecule has 0 aromatic carbocycles. The standard InChI is InChI=1S/C29H34N8O3/c1-2-13-36-26-24(28(39)37(29(36)40)22-9-10-22)32-25(33-26)20-8-11-23(31-19-20)35(17-16-34-14-4-3-5-15-34)27(38)21-7-6-12-30-18-21/h6-8,11-12,18-19,22H,2-5,9-10,13-17H2,1H3,(H,32,33). The highest BCUT2D eigenvalue weighted by molar-refractivity contribution is 6.05. The minimum Gasteiger partial charge on any atom is -0.332 e. The molecule has 0 radical (unpaired) electrons. The summed E-state index contributed by atoms with van der Waals surface area (Å²) in [5, 5.41) is 0. The molecule has 0 unspecified atom stereocenters. The van der Waals surface area contributed by atoms with Crippen molar-refractivity contribution in [2.75, 3.05) is 31.1 Å². The average molecular weight is 543 g/mol. The molecule has 11 heteroatoms. The van der Waals surface area contributed by atoms with Crippen LogP contribution in [-0.4, -0.2) is 66.1 Å². The van der Waals surface area contributed by atoms with Gasteiger partial charge in [0, 0.05) is 49.8 Å². The van der Waals surface area contributed by atoms with Crippen LogP contribution in [-0.2, 0) is 6.54 Å². The van der Waals surface area contributed by atoms with Crippen LogP contribution >= 0.6 is 0 Å². The molecule has 0 atom stereocenters. The summed E-state index contributed by atoms with van der Waals surface area (Å²) in [6.45, 7) is 5.82. The molecule has 2 fully saturated rings. The molecule has 4 aromatic heterocycles. The number of aromatic nitrogens is 6. The SMILES string of the molecule is CCCn1c(=O)n(C2CC2)c(=O)c2[nH]c(-c3ccc(N(CCN4CCCCC4)C(=O)c4cccnc4)nc3)nc21. The van der Waals surface area contributed by atoms with E-state index in [1.807, 2.05) is 13.0 Å². The normalized spacial score (nSPS) is 15.9. The zero-order chi connectivity index (χ0) is 27.6. The quantitative estimate of drug-likeness (QED) is 0.345. The van der Waals surface area contributed by atoms with Crippen molar-refractivity contribution in [3.05, 3.63) is 69.3 Å². The summed E-state index contributed by atoms with van der Waals surface area (Å²) in [5.41, 5.74) is 1.23. The number of fused-ring (bicyclic) bond motifs is 1. The molecule has 208 valence electrons. The maximum atomic E-state index is 13.5. The Morgan fingerprint density at radius 3 is 2.58 bits per heavy atom. The van der Waals surface area contributed by atoms with Gasteiger partial charge in [-0.1, -0.05) is 13.3 Å². The minimum atomic E-state index is -0.330. The molecule has 1 aliphatic carbocycles. The summed E-state index contributed by atoms with van der Waals surface area (Å²) in [5.74, 6) is 0.838. The van der Waals surface area contributed by atoms with Gasteiger partial charge in [-0.3, -0.25) is 28.6 Å². The number of carbonyl (C=O) groups is 1. The van der Waals surface area contributed by atoms with Gasteiger partial charge in [0.05, 0.1) is 5.56 Å². The fourth-order valence-corrected chi connectivity index (χ4v) is 5.43. The molecule has 40 heavy (non-hydrogen) atoms. The lowest BCUT2D eigenvalue weighted by Crippen LogP contribution is -2.41. The van der Waals surface area contributed by atoms with Crippen LogP contribution in [0.4, 0.5) is 5.82 Å². The van der Waals surface area contributed by atoms with Crippen molar-refractivity contribution in [3.8, 4) is 11.4 Å². The highest BCUT2D eigenvalue weighted by atomic mass is 16.2. The van der Waals surface area contributed by atoms with Gasteiger partial charge in [-0.25, -0.2) is 14.8 Å². The zero-order valence-corrected chi connectivity index (χ0v) is 22.8. The Kier molecular flexibility index (Phi) is 7.29. The molecule has 1 N–H and O–H groups in total. The molecular weight excluding hydrogens is 508 g/mol. The van der Waals surface area contributed by atoms with Crippen molar-refractivity contribution in [1.82, 2.24) is 34.0 Å². The first-order valence-corrected chi connectivity index (χ1v) is 14.2. The third-order valence-electron chi connectivity index (χ3n) is 7.71. The number of likely N-dealkylation sites (tertiary alicyclic amines) is 1. The molecule has 11 nitrogen and oxygen atoms in total. The lowest BCUT2D eigenvalue weighted by atomic mass is 10.1. The van der Waals surface area contributed by atoms with Crippen molar-refractivity contribution in [2.45, 2.75) is 58.0 Å². The molecular formula is C29H34N8O3. The number of nitrogens with one attached hydrogen (secondary N) is 1. The molecule has 6 rings (SSSR count). The van der Waals surface area contributed by atoms with E-state index in [4.69, 9.17) is 0 Å². The van der Waals surface area contributed by atoms with Gasteiger partial charge in [-0.2, -0.15) is 0 Å². The van der Waals surface area contributed by atoms with Crippen LogP contribution in [0, 0.1) is 0 Å². The number of carbonyl (C=O) groups excluding carboxylic acids is 1. The summed E-state index contributed by atoms with van der Waals surface area (Å²) in [4.78, 5) is 60.5. The number of H-pyrrole nitrogens is 1. The summed E-state index contributed by atoms with van der Waals surface area (Å²) >= 11 is 0. The lowest BCUT2D eigenvalue weighted by molar-refractivity contribution is 0.0981. The first-order chi connectivity index (χ1) is 19.5. The van der Waals surface area contributed by atoms with E-state index >= 15 is 0 Å². The Morgan fingerprint density at radius 1 is 1.07 bits per heavy atom. The van der Waals surface area contributed by atoms with Gasteiger partial charge in [0.15, 0.2) is 5.65 Å². The third kappa shape index (κ3) is 5.08. The van der Waals surface area contributed by atoms with E-state index in [0.717, 1.165) is 38.9 Å². The van der Waals surface area contributed by atoms with Gasteiger partial charge < -0.3 is 9.88 Å². The first-order valence-electron chi connectivity index (χ1n) is 14.2. The molecule has 1 saturated heterocycles. The van der Waals surface area contributed by atoms with Crippen LogP contribution < -0.4 is 16.1 Å². The average Bonchev–Trinajstić information content (AvgIpc) is 3.73. The summed E-state index contributed by atoms with van der Waals surface area (Å²) in [6, 6.07) is 7.12. The second-order valence-electron chi connectivity index (χ2n) is 10.6. The van der Waals surface area contributed by atoms with Crippen LogP contribution in [0.1, 0.15) is 61.8 Å². The van der Waals surface area contributed by atoms with Gasteiger partial charge >= 0.3 is 5.69 Å². The van der Waals surface area contributed by atoms with E-state index in [9.17, 15) is 14.4 Å². The predicted octanol–water partition coefficient (Wildman–Crippen LogP) is 3.22. The van der Waals surface area contributed by atoms with Crippen molar-refractivity contribution in [3.63, 3.8) is 0 Å². The maximum absolute atomic E-state index is 13.5. The highest BCUT2D eigenvalue weighted by Gasteiger charge is 2.30. The Balaban J connectivity index is 1.32. The van der Waals surface area contributed by atoms with E-state index in [-0.39, 0.29) is 23.2 Å². The third-order valence-corrected chi connectivity index (χ3v) is 7.71.